The molecule has 1 N–H and O–H groups in total. The fraction of sp³-hybridized carbons (Fsp3) is 0.292. The van der Waals surface area contributed by atoms with Crippen molar-refractivity contribution >= 4 is 5.91 Å². The lowest BCUT2D eigenvalue weighted by Crippen LogP contribution is -2.28. The highest BCUT2D eigenvalue weighted by Gasteiger charge is 2.05. The molecule has 0 atom stereocenters. The predicted molar refractivity (Wildman–Crippen MR) is 118 cm³/mol. The minimum absolute atomic E-state index is 0.0173. The quantitative estimate of drug-likeness (QED) is 0.476. The van der Waals surface area contributed by atoms with Crippen LogP contribution in [0.5, 0.6) is 17.4 Å². The molecule has 0 saturated heterocycles. The van der Waals surface area contributed by atoms with Gasteiger partial charge in [0.25, 0.3) is 0 Å². The molecular weight excluding hydrogens is 394 g/mol. The molecule has 0 bridgehead atoms. The predicted octanol–water partition coefficient (Wildman–Crippen LogP) is 3.68. The van der Waals surface area contributed by atoms with Gasteiger partial charge in [-0.15, -0.1) is 10.2 Å². The SMILES string of the molecule is CCOc1ccc(-c2ccc(OCCNC(=O)CCc3ccc(OC)cc3)nn2)cc1. The van der Waals surface area contributed by atoms with Crippen LogP contribution < -0.4 is 19.5 Å². The number of benzene rings is 2. The number of aryl methyl sites for hydroxylation is 1. The molecule has 0 spiro atoms. The van der Waals surface area contributed by atoms with E-state index in [0.29, 0.717) is 38.5 Å². The topological polar surface area (TPSA) is 82.6 Å². The van der Waals surface area contributed by atoms with E-state index in [9.17, 15) is 4.79 Å². The number of hydrogen-bond acceptors (Lipinski definition) is 6. The number of ether oxygens (including phenoxy) is 3. The lowest BCUT2D eigenvalue weighted by Gasteiger charge is -2.08. The molecule has 0 radical (unpaired) electrons. The number of carbonyl (C=O) groups is 1. The van der Waals surface area contributed by atoms with Crippen molar-refractivity contribution in [2.75, 3.05) is 26.9 Å². The number of nitrogens with zero attached hydrogens (tertiary/aromatic N) is 2. The van der Waals surface area contributed by atoms with E-state index < -0.39 is 0 Å². The highest BCUT2D eigenvalue weighted by Crippen LogP contribution is 2.21. The molecule has 0 aliphatic heterocycles. The van der Waals surface area contributed by atoms with Crippen molar-refractivity contribution in [1.82, 2.24) is 15.5 Å². The third-order valence-electron chi connectivity index (χ3n) is 4.58. The van der Waals surface area contributed by atoms with Gasteiger partial charge in [-0.05, 0) is 61.4 Å². The second-order valence-corrected chi connectivity index (χ2v) is 6.76. The fourth-order valence-corrected chi connectivity index (χ4v) is 2.92. The van der Waals surface area contributed by atoms with Crippen LogP contribution in [0.1, 0.15) is 18.9 Å². The fourth-order valence-electron chi connectivity index (χ4n) is 2.92. The molecule has 3 aromatic rings. The average Bonchev–Trinajstić information content (AvgIpc) is 2.82. The van der Waals surface area contributed by atoms with E-state index in [-0.39, 0.29) is 5.91 Å². The van der Waals surface area contributed by atoms with Crippen LogP contribution in [-0.2, 0) is 11.2 Å². The highest BCUT2D eigenvalue weighted by atomic mass is 16.5. The van der Waals surface area contributed by atoms with E-state index >= 15 is 0 Å². The molecule has 7 nitrogen and oxygen atoms in total. The number of aromatic nitrogens is 2. The Balaban J connectivity index is 1.36. The number of amides is 1. The van der Waals surface area contributed by atoms with Crippen molar-refractivity contribution in [1.29, 1.82) is 0 Å². The van der Waals surface area contributed by atoms with Gasteiger partial charge in [0.15, 0.2) is 0 Å². The van der Waals surface area contributed by atoms with Gasteiger partial charge < -0.3 is 19.5 Å². The van der Waals surface area contributed by atoms with Crippen molar-refractivity contribution in [2.24, 2.45) is 0 Å². The molecule has 3 rings (SSSR count). The van der Waals surface area contributed by atoms with Gasteiger partial charge in [-0.3, -0.25) is 4.79 Å². The third-order valence-corrected chi connectivity index (χ3v) is 4.58. The van der Waals surface area contributed by atoms with Crippen LogP contribution in [0.15, 0.2) is 60.7 Å². The molecule has 2 aromatic carbocycles. The molecule has 7 heteroatoms. The summed E-state index contributed by atoms with van der Waals surface area (Å²) in [4.78, 5) is 12.0. The first-order valence-electron chi connectivity index (χ1n) is 10.3. The van der Waals surface area contributed by atoms with E-state index in [0.717, 1.165) is 28.3 Å². The molecule has 0 aliphatic carbocycles. The molecule has 0 fully saturated rings. The Kier molecular flexibility index (Phi) is 8.22. The number of methoxy groups -OCH3 is 1. The summed E-state index contributed by atoms with van der Waals surface area (Å²) >= 11 is 0. The first kappa shape index (κ1) is 22.1. The van der Waals surface area contributed by atoms with Crippen molar-refractivity contribution < 1.29 is 19.0 Å². The molecule has 0 saturated carbocycles. The second kappa shape index (κ2) is 11.5. The minimum atomic E-state index is -0.0173. The van der Waals surface area contributed by atoms with Gasteiger partial charge in [0, 0.05) is 18.1 Å². The first-order valence-corrected chi connectivity index (χ1v) is 10.3. The zero-order valence-corrected chi connectivity index (χ0v) is 17.8. The molecule has 1 amide bonds. The van der Waals surface area contributed by atoms with Gasteiger partial charge in [-0.2, -0.15) is 0 Å². The number of carbonyl (C=O) groups excluding carboxylic acids is 1. The summed E-state index contributed by atoms with van der Waals surface area (Å²) in [6.45, 7) is 3.32. The maximum atomic E-state index is 12.0. The maximum Gasteiger partial charge on any atom is 0.233 e. The monoisotopic (exact) mass is 421 g/mol. The van der Waals surface area contributed by atoms with Crippen LogP contribution >= 0.6 is 0 Å². The van der Waals surface area contributed by atoms with Crippen LogP contribution in [0.25, 0.3) is 11.3 Å². The van der Waals surface area contributed by atoms with E-state index in [2.05, 4.69) is 15.5 Å². The van der Waals surface area contributed by atoms with Gasteiger partial charge in [-0.1, -0.05) is 12.1 Å². The first-order chi connectivity index (χ1) is 15.2. The Hall–Kier alpha value is -3.61. The molecular formula is C24H27N3O4. The van der Waals surface area contributed by atoms with Crippen molar-refractivity contribution in [3.63, 3.8) is 0 Å². The second-order valence-electron chi connectivity index (χ2n) is 6.76. The van der Waals surface area contributed by atoms with Crippen LogP contribution in [0.4, 0.5) is 0 Å². The molecule has 1 heterocycles. The Morgan fingerprint density at radius 3 is 2.29 bits per heavy atom. The number of nitrogens with one attached hydrogen (secondary N) is 1. The molecule has 31 heavy (non-hydrogen) atoms. The number of rotatable bonds is 11. The number of hydrogen-bond donors (Lipinski definition) is 1. The lowest BCUT2D eigenvalue weighted by atomic mass is 10.1. The summed E-state index contributed by atoms with van der Waals surface area (Å²) in [5.74, 6) is 2.03. The van der Waals surface area contributed by atoms with E-state index in [1.807, 2.05) is 61.5 Å². The van der Waals surface area contributed by atoms with Crippen LogP contribution in [0.3, 0.4) is 0 Å². The summed E-state index contributed by atoms with van der Waals surface area (Å²) in [5, 5.41) is 11.1. The minimum Gasteiger partial charge on any atom is -0.497 e. The third kappa shape index (κ3) is 6.99. The van der Waals surface area contributed by atoms with E-state index in [1.165, 1.54) is 0 Å². The Bertz CT molecular complexity index is 942. The van der Waals surface area contributed by atoms with Crippen molar-refractivity contribution in [3.8, 4) is 28.6 Å². The highest BCUT2D eigenvalue weighted by molar-refractivity contribution is 5.76. The standard InChI is InChI=1S/C24H27N3O4/c1-3-30-21-11-7-19(8-12-21)22-13-15-24(27-26-22)31-17-16-25-23(28)14-6-18-4-9-20(29-2)10-5-18/h4-5,7-13,15H,3,6,14,16-17H2,1-2H3,(H,25,28). The zero-order chi connectivity index (χ0) is 21.9. The Morgan fingerprint density at radius 2 is 1.65 bits per heavy atom. The maximum absolute atomic E-state index is 12.0. The van der Waals surface area contributed by atoms with Crippen LogP contribution in [0, 0.1) is 0 Å². The summed E-state index contributed by atoms with van der Waals surface area (Å²) in [5.41, 5.74) is 2.80. The summed E-state index contributed by atoms with van der Waals surface area (Å²) in [7, 11) is 1.63. The van der Waals surface area contributed by atoms with Gasteiger partial charge >= 0.3 is 0 Å². The molecule has 0 unspecified atom stereocenters. The summed E-state index contributed by atoms with van der Waals surface area (Å²) < 4.78 is 16.1. The van der Waals surface area contributed by atoms with Crippen molar-refractivity contribution in [2.45, 2.75) is 19.8 Å². The molecule has 1 aromatic heterocycles. The lowest BCUT2D eigenvalue weighted by molar-refractivity contribution is -0.121. The molecule has 0 aliphatic rings. The van der Waals surface area contributed by atoms with Gasteiger partial charge in [0.2, 0.25) is 11.8 Å². The zero-order valence-electron chi connectivity index (χ0n) is 17.8. The average molecular weight is 421 g/mol. The van der Waals surface area contributed by atoms with Crippen LogP contribution in [0.2, 0.25) is 0 Å². The van der Waals surface area contributed by atoms with E-state index in [4.69, 9.17) is 14.2 Å². The van der Waals surface area contributed by atoms with Gasteiger partial charge in [0.1, 0.15) is 18.1 Å². The summed E-state index contributed by atoms with van der Waals surface area (Å²) in [6.07, 6.45) is 1.10. The Morgan fingerprint density at radius 1 is 0.903 bits per heavy atom. The van der Waals surface area contributed by atoms with Gasteiger partial charge in [0.05, 0.1) is 26.0 Å². The molecule has 162 valence electrons. The van der Waals surface area contributed by atoms with Crippen molar-refractivity contribution in [3.05, 3.63) is 66.2 Å². The largest absolute Gasteiger partial charge is 0.497 e. The summed E-state index contributed by atoms with van der Waals surface area (Å²) in [6, 6.07) is 19.0. The van der Waals surface area contributed by atoms with E-state index in [1.54, 1.807) is 13.2 Å². The smallest absolute Gasteiger partial charge is 0.233 e. The van der Waals surface area contributed by atoms with Crippen LogP contribution in [-0.4, -0.2) is 43.0 Å². The Labute approximate surface area is 182 Å². The van der Waals surface area contributed by atoms with Gasteiger partial charge in [-0.25, -0.2) is 0 Å². The normalized spacial score (nSPS) is 10.4.